The van der Waals surface area contributed by atoms with Crippen molar-refractivity contribution in [2.24, 2.45) is 16.7 Å². The van der Waals surface area contributed by atoms with Crippen LogP contribution < -0.4 is 0 Å². The summed E-state index contributed by atoms with van der Waals surface area (Å²) < 4.78 is 6.07. The van der Waals surface area contributed by atoms with Crippen molar-refractivity contribution >= 4 is 0 Å². The summed E-state index contributed by atoms with van der Waals surface area (Å²) in [6.07, 6.45) is 9.43. The van der Waals surface area contributed by atoms with E-state index in [9.17, 15) is 0 Å². The van der Waals surface area contributed by atoms with Gasteiger partial charge in [0.15, 0.2) is 0 Å². The molecule has 0 bridgehead atoms. The minimum absolute atomic E-state index is 0.0821. The van der Waals surface area contributed by atoms with E-state index in [0.717, 1.165) is 12.5 Å². The molecule has 18 heavy (non-hydrogen) atoms. The maximum absolute atomic E-state index is 6.07. The summed E-state index contributed by atoms with van der Waals surface area (Å²) >= 11 is 0. The largest absolute Gasteiger partial charge is 0.376 e. The maximum Gasteiger partial charge on any atom is 0.0626 e. The van der Waals surface area contributed by atoms with E-state index in [1.54, 1.807) is 0 Å². The van der Waals surface area contributed by atoms with E-state index in [1.165, 1.54) is 44.9 Å². The summed E-state index contributed by atoms with van der Waals surface area (Å²) in [5, 5.41) is 0. The molecule has 0 spiro atoms. The van der Waals surface area contributed by atoms with Crippen LogP contribution in [0.5, 0.6) is 0 Å². The molecular weight excluding hydrogens is 220 g/mol. The first-order valence-corrected chi connectivity index (χ1v) is 7.89. The van der Waals surface area contributed by atoms with Crippen molar-refractivity contribution < 1.29 is 4.74 Å². The fourth-order valence-corrected chi connectivity index (χ4v) is 4.67. The molecule has 1 saturated heterocycles. The van der Waals surface area contributed by atoms with Gasteiger partial charge >= 0.3 is 0 Å². The summed E-state index contributed by atoms with van der Waals surface area (Å²) in [7, 11) is 0. The highest BCUT2D eigenvalue weighted by Gasteiger charge is 2.46. The Kier molecular flexibility index (Phi) is 3.84. The van der Waals surface area contributed by atoms with Gasteiger partial charge in [0.2, 0.25) is 0 Å². The van der Waals surface area contributed by atoms with Gasteiger partial charge in [0.1, 0.15) is 0 Å². The lowest BCUT2D eigenvalue weighted by molar-refractivity contribution is -0.0328. The number of fused-ring (bicyclic) bond motifs is 1. The minimum atomic E-state index is 0.0821. The summed E-state index contributed by atoms with van der Waals surface area (Å²) in [5.41, 5.74) is 1.16. The number of ether oxygens (including phenoxy) is 1. The van der Waals surface area contributed by atoms with Crippen LogP contribution in [0, 0.1) is 16.7 Å². The van der Waals surface area contributed by atoms with E-state index < -0.39 is 0 Å². The highest BCUT2D eigenvalue weighted by molar-refractivity contribution is 4.96. The molecule has 0 aromatic carbocycles. The molecule has 1 heteroatoms. The molecule has 2 aliphatic rings. The predicted molar refractivity (Wildman–Crippen MR) is 77.7 cm³/mol. The molecule has 0 radical (unpaired) electrons. The third-order valence-corrected chi connectivity index (χ3v) is 5.77. The van der Waals surface area contributed by atoms with E-state index in [1.807, 2.05) is 0 Å². The Balaban J connectivity index is 2.21. The third-order valence-electron chi connectivity index (χ3n) is 5.77. The summed E-state index contributed by atoms with van der Waals surface area (Å²) in [5.74, 6) is 0.875. The molecule has 0 N–H and O–H groups in total. The molecule has 1 nitrogen and oxygen atoms in total. The highest BCUT2D eigenvalue weighted by Crippen LogP contribution is 2.55. The number of hydrogen-bond donors (Lipinski definition) is 0. The first-order valence-electron chi connectivity index (χ1n) is 7.89. The Morgan fingerprint density at radius 1 is 0.833 bits per heavy atom. The van der Waals surface area contributed by atoms with Gasteiger partial charge in [-0.25, -0.2) is 0 Å². The Labute approximate surface area is 114 Å². The van der Waals surface area contributed by atoms with Gasteiger partial charge in [0.05, 0.1) is 5.60 Å². The van der Waals surface area contributed by atoms with Gasteiger partial charge < -0.3 is 4.74 Å². The van der Waals surface area contributed by atoms with E-state index in [4.69, 9.17) is 4.74 Å². The lowest BCUT2D eigenvalue weighted by Crippen LogP contribution is -2.42. The zero-order valence-corrected chi connectivity index (χ0v) is 13.1. The van der Waals surface area contributed by atoms with Gasteiger partial charge in [0, 0.05) is 6.61 Å². The van der Waals surface area contributed by atoms with Crippen LogP contribution in [0.15, 0.2) is 0 Å². The molecule has 1 aliphatic heterocycles. The average Bonchev–Trinajstić information content (AvgIpc) is 2.27. The average molecular weight is 252 g/mol. The van der Waals surface area contributed by atoms with Gasteiger partial charge in [-0.1, -0.05) is 27.2 Å². The fourth-order valence-electron chi connectivity index (χ4n) is 4.67. The van der Waals surface area contributed by atoms with Gasteiger partial charge in [-0.15, -0.1) is 0 Å². The van der Waals surface area contributed by atoms with Crippen LogP contribution in [-0.2, 0) is 4.74 Å². The van der Waals surface area contributed by atoms with Crippen molar-refractivity contribution in [3.63, 3.8) is 0 Å². The molecule has 2 atom stereocenters. The van der Waals surface area contributed by atoms with Gasteiger partial charge in [-0.05, 0) is 69.1 Å². The van der Waals surface area contributed by atoms with E-state index in [0.29, 0.717) is 10.8 Å². The third kappa shape index (κ3) is 2.92. The molecule has 2 fully saturated rings. The lowest BCUT2D eigenvalue weighted by Gasteiger charge is -2.51. The molecular formula is C17H32O. The standard InChI is InChI=1S/C17H32O/c1-15(2)9-6-10-17(5)11-7-13-18-16(3,4)12-8-14(15)17/h14H,6-13H2,1-5H3/t14-,17+/m0/s1. The Morgan fingerprint density at radius 2 is 1.50 bits per heavy atom. The van der Waals surface area contributed by atoms with Crippen molar-refractivity contribution in [1.82, 2.24) is 0 Å². The van der Waals surface area contributed by atoms with Crippen molar-refractivity contribution in [3.05, 3.63) is 0 Å². The Morgan fingerprint density at radius 3 is 2.22 bits per heavy atom. The number of rotatable bonds is 0. The van der Waals surface area contributed by atoms with Crippen LogP contribution in [0.3, 0.4) is 0 Å². The molecule has 2 rings (SSSR count). The minimum Gasteiger partial charge on any atom is -0.376 e. The van der Waals surface area contributed by atoms with Gasteiger partial charge in [-0.2, -0.15) is 0 Å². The second-order valence-corrected chi connectivity index (χ2v) is 8.30. The normalized spacial score (nSPS) is 40.2. The SMILES string of the molecule is CC1(C)CC[C@H]2C(C)(C)CCC[C@]2(C)CCCO1. The zero-order valence-electron chi connectivity index (χ0n) is 13.1. The van der Waals surface area contributed by atoms with Crippen LogP contribution >= 0.6 is 0 Å². The molecule has 0 aromatic heterocycles. The highest BCUT2D eigenvalue weighted by atomic mass is 16.5. The maximum atomic E-state index is 6.07. The van der Waals surface area contributed by atoms with E-state index in [-0.39, 0.29) is 5.60 Å². The number of hydrogen-bond acceptors (Lipinski definition) is 1. The topological polar surface area (TPSA) is 9.23 Å². The summed E-state index contributed by atoms with van der Waals surface area (Å²) in [6, 6.07) is 0. The molecule has 1 aliphatic carbocycles. The first-order chi connectivity index (χ1) is 8.25. The van der Waals surface area contributed by atoms with Crippen LogP contribution in [0.1, 0.15) is 79.6 Å². The smallest absolute Gasteiger partial charge is 0.0626 e. The Bertz CT molecular complexity index is 292. The van der Waals surface area contributed by atoms with Crippen molar-refractivity contribution in [1.29, 1.82) is 0 Å². The fraction of sp³-hybridized carbons (Fsp3) is 1.00. The molecule has 0 amide bonds. The Hall–Kier alpha value is -0.0400. The van der Waals surface area contributed by atoms with Crippen LogP contribution in [-0.4, -0.2) is 12.2 Å². The lowest BCUT2D eigenvalue weighted by atomic mass is 9.54. The molecule has 0 unspecified atom stereocenters. The van der Waals surface area contributed by atoms with Crippen molar-refractivity contribution in [2.75, 3.05) is 6.61 Å². The molecule has 106 valence electrons. The second kappa shape index (κ2) is 4.81. The molecule has 1 heterocycles. The molecule has 1 saturated carbocycles. The van der Waals surface area contributed by atoms with Crippen LogP contribution in [0.25, 0.3) is 0 Å². The van der Waals surface area contributed by atoms with Gasteiger partial charge in [0.25, 0.3) is 0 Å². The second-order valence-electron chi connectivity index (χ2n) is 8.30. The van der Waals surface area contributed by atoms with Crippen molar-refractivity contribution in [3.8, 4) is 0 Å². The quantitative estimate of drug-likeness (QED) is 0.576. The first kappa shape index (κ1) is 14.4. The predicted octanol–water partition coefficient (Wildman–Crippen LogP) is 5.19. The molecule has 0 aromatic rings. The summed E-state index contributed by atoms with van der Waals surface area (Å²) in [6.45, 7) is 13.0. The van der Waals surface area contributed by atoms with E-state index in [2.05, 4.69) is 34.6 Å². The zero-order chi connectivity index (χ0) is 13.4. The van der Waals surface area contributed by atoms with E-state index >= 15 is 0 Å². The van der Waals surface area contributed by atoms with Crippen LogP contribution in [0.4, 0.5) is 0 Å². The van der Waals surface area contributed by atoms with Gasteiger partial charge in [-0.3, -0.25) is 0 Å². The van der Waals surface area contributed by atoms with Crippen molar-refractivity contribution in [2.45, 2.75) is 85.2 Å². The monoisotopic (exact) mass is 252 g/mol. The summed E-state index contributed by atoms with van der Waals surface area (Å²) in [4.78, 5) is 0. The van der Waals surface area contributed by atoms with Crippen LogP contribution in [0.2, 0.25) is 0 Å².